The molecule has 88 valence electrons. The predicted molar refractivity (Wildman–Crippen MR) is 75.8 cm³/mol. The Labute approximate surface area is 114 Å². The van der Waals surface area contributed by atoms with Crippen LogP contribution in [0.15, 0.2) is 54.9 Å². The first-order valence-electron chi connectivity index (χ1n) is 5.47. The molecule has 0 spiro atoms. The molecule has 0 saturated carbocycles. The van der Waals surface area contributed by atoms with Crippen LogP contribution in [-0.2, 0) is 0 Å². The molecule has 0 N–H and O–H groups in total. The molecule has 3 aromatic rings. The van der Waals surface area contributed by atoms with E-state index in [1.165, 1.54) is 11.3 Å². The second-order valence-corrected chi connectivity index (χ2v) is 5.33. The minimum atomic E-state index is 0.549. The molecule has 2 nitrogen and oxygen atoms in total. The van der Waals surface area contributed by atoms with Crippen molar-refractivity contribution in [3.63, 3.8) is 0 Å². The van der Waals surface area contributed by atoms with Crippen LogP contribution < -0.4 is 0 Å². The number of hydrogen-bond acceptors (Lipinski definition) is 3. The van der Waals surface area contributed by atoms with Crippen molar-refractivity contribution in [3.8, 4) is 21.7 Å². The van der Waals surface area contributed by atoms with E-state index in [0.717, 1.165) is 21.7 Å². The van der Waals surface area contributed by atoms with Crippen LogP contribution in [0.3, 0.4) is 0 Å². The molecule has 0 bridgehead atoms. The van der Waals surface area contributed by atoms with Crippen LogP contribution in [-0.4, -0.2) is 9.97 Å². The van der Waals surface area contributed by atoms with Gasteiger partial charge in [-0.1, -0.05) is 48.0 Å². The highest BCUT2D eigenvalue weighted by molar-refractivity contribution is 7.19. The van der Waals surface area contributed by atoms with Gasteiger partial charge in [-0.05, 0) is 6.07 Å². The van der Waals surface area contributed by atoms with Crippen molar-refractivity contribution in [3.05, 3.63) is 59.3 Å². The summed E-state index contributed by atoms with van der Waals surface area (Å²) in [6, 6.07) is 14.0. The van der Waals surface area contributed by atoms with Crippen LogP contribution in [0.25, 0.3) is 21.7 Å². The van der Waals surface area contributed by atoms with Gasteiger partial charge in [0.1, 0.15) is 0 Å². The molecular formula is C14H9ClN2S. The van der Waals surface area contributed by atoms with Crippen LogP contribution in [0.1, 0.15) is 0 Å². The number of aromatic nitrogens is 2. The molecule has 1 aromatic carbocycles. The van der Waals surface area contributed by atoms with E-state index < -0.39 is 0 Å². The Kier molecular flexibility index (Phi) is 3.09. The largest absolute Gasteiger partial charge is 0.264 e. The standard InChI is InChI=1S/C14H9ClN2S/c15-14-17-12(10-5-2-1-3-6-10)13(18-14)11-7-4-8-16-9-11/h1-9H. The van der Waals surface area contributed by atoms with Gasteiger partial charge in [-0.15, -0.1) is 11.3 Å². The Hall–Kier alpha value is -1.71. The molecule has 0 saturated heterocycles. The summed E-state index contributed by atoms with van der Waals surface area (Å²) >= 11 is 7.53. The third kappa shape index (κ3) is 2.15. The molecule has 4 heteroatoms. The van der Waals surface area contributed by atoms with Crippen molar-refractivity contribution in [2.24, 2.45) is 0 Å². The maximum atomic E-state index is 6.05. The van der Waals surface area contributed by atoms with E-state index in [0.29, 0.717) is 4.47 Å². The Morgan fingerprint density at radius 3 is 2.44 bits per heavy atom. The minimum absolute atomic E-state index is 0.549. The maximum Gasteiger partial charge on any atom is 0.184 e. The lowest BCUT2D eigenvalue weighted by atomic mass is 10.1. The predicted octanol–water partition coefficient (Wildman–Crippen LogP) is 4.53. The van der Waals surface area contributed by atoms with E-state index in [2.05, 4.69) is 9.97 Å². The number of hydrogen-bond donors (Lipinski definition) is 0. The van der Waals surface area contributed by atoms with Gasteiger partial charge in [0.25, 0.3) is 0 Å². The normalized spacial score (nSPS) is 10.5. The smallest absolute Gasteiger partial charge is 0.184 e. The number of nitrogens with zero attached hydrogens (tertiary/aromatic N) is 2. The number of benzene rings is 1. The highest BCUT2D eigenvalue weighted by atomic mass is 35.5. The van der Waals surface area contributed by atoms with Gasteiger partial charge in [0, 0.05) is 23.5 Å². The lowest BCUT2D eigenvalue weighted by molar-refractivity contribution is 1.33. The minimum Gasteiger partial charge on any atom is -0.264 e. The van der Waals surface area contributed by atoms with Crippen LogP contribution in [0.5, 0.6) is 0 Å². The quantitative estimate of drug-likeness (QED) is 0.685. The van der Waals surface area contributed by atoms with Crippen LogP contribution in [0, 0.1) is 0 Å². The van der Waals surface area contributed by atoms with E-state index in [1.807, 2.05) is 48.7 Å². The summed E-state index contributed by atoms with van der Waals surface area (Å²) in [5.74, 6) is 0. The summed E-state index contributed by atoms with van der Waals surface area (Å²) in [5, 5.41) is 0. The Bertz CT molecular complexity index is 593. The molecule has 0 amide bonds. The number of rotatable bonds is 2. The van der Waals surface area contributed by atoms with E-state index >= 15 is 0 Å². The van der Waals surface area contributed by atoms with Crippen molar-refractivity contribution in [1.29, 1.82) is 0 Å². The van der Waals surface area contributed by atoms with Crippen molar-refractivity contribution < 1.29 is 0 Å². The van der Waals surface area contributed by atoms with Gasteiger partial charge in [-0.25, -0.2) is 4.98 Å². The summed E-state index contributed by atoms with van der Waals surface area (Å²) in [5.41, 5.74) is 3.03. The number of pyridine rings is 1. The summed E-state index contributed by atoms with van der Waals surface area (Å²) in [6.45, 7) is 0. The number of halogens is 1. The SMILES string of the molecule is Clc1nc(-c2ccccc2)c(-c2cccnc2)s1. The first-order valence-corrected chi connectivity index (χ1v) is 6.66. The third-order valence-corrected chi connectivity index (χ3v) is 3.78. The van der Waals surface area contributed by atoms with Gasteiger partial charge in [0.05, 0.1) is 10.6 Å². The molecule has 0 aliphatic heterocycles. The highest BCUT2D eigenvalue weighted by Crippen LogP contribution is 2.38. The summed E-state index contributed by atoms with van der Waals surface area (Å²) in [4.78, 5) is 9.61. The molecule has 0 radical (unpaired) electrons. The maximum absolute atomic E-state index is 6.05. The summed E-state index contributed by atoms with van der Waals surface area (Å²) in [6.07, 6.45) is 3.59. The monoisotopic (exact) mass is 272 g/mol. The Morgan fingerprint density at radius 2 is 1.72 bits per heavy atom. The topological polar surface area (TPSA) is 25.8 Å². The van der Waals surface area contributed by atoms with E-state index in [4.69, 9.17) is 11.6 Å². The van der Waals surface area contributed by atoms with Gasteiger partial charge >= 0.3 is 0 Å². The van der Waals surface area contributed by atoms with E-state index in [-0.39, 0.29) is 0 Å². The second-order valence-electron chi connectivity index (χ2n) is 3.75. The molecule has 0 atom stereocenters. The molecule has 0 unspecified atom stereocenters. The average Bonchev–Trinajstić information content (AvgIpc) is 2.83. The zero-order chi connectivity index (χ0) is 12.4. The molecule has 3 rings (SSSR count). The van der Waals surface area contributed by atoms with Crippen LogP contribution in [0.2, 0.25) is 4.47 Å². The van der Waals surface area contributed by atoms with Crippen molar-refractivity contribution in [1.82, 2.24) is 9.97 Å². The zero-order valence-corrected chi connectivity index (χ0v) is 10.9. The Balaban J connectivity index is 2.17. The summed E-state index contributed by atoms with van der Waals surface area (Å²) < 4.78 is 0.549. The van der Waals surface area contributed by atoms with Crippen molar-refractivity contribution in [2.45, 2.75) is 0 Å². The molecule has 18 heavy (non-hydrogen) atoms. The van der Waals surface area contributed by atoms with E-state index in [9.17, 15) is 0 Å². The first kappa shape index (κ1) is 11.4. The molecule has 2 aromatic heterocycles. The lowest BCUT2D eigenvalue weighted by Gasteiger charge is -2.01. The lowest BCUT2D eigenvalue weighted by Crippen LogP contribution is -1.82. The van der Waals surface area contributed by atoms with E-state index in [1.54, 1.807) is 6.20 Å². The first-order chi connectivity index (χ1) is 8.84. The molecule has 2 heterocycles. The van der Waals surface area contributed by atoms with Gasteiger partial charge in [-0.3, -0.25) is 4.98 Å². The zero-order valence-electron chi connectivity index (χ0n) is 9.38. The Morgan fingerprint density at radius 1 is 0.944 bits per heavy atom. The second kappa shape index (κ2) is 4.88. The third-order valence-electron chi connectivity index (χ3n) is 2.57. The van der Waals surface area contributed by atoms with Gasteiger partial charge in [-0.2, -0.15) is 0 Å². The fourth-order valence-corrected chi connectivity index (χ4v) is 2.90. The van der Waals surface area contributed by atoms with Crippen LogP contribution >= 0.6 is 22.9 Å². The van der Waals surface area contributed by atoms with Gasteiger partial charge in [0.2, 0.25) is 0 Å². The molecule has 0 aliphatic rings. The fourth-order valence-electron chi connectivity index (χ4n) is 1.78. The highest BCUT2D eigenvalue weighted by Gasteiger charge is 2.13. The molecule has 0 fully saturated rings. The summed E-state index contributed by atoms with van der Waals surface area (Å²) in [7, 11) is 0. The van der Waals surface area contributed by atoms with Crippen LogP contribution in [0.4, 0.5) is 0 Å². The number of thiazole rings is 1. The fraction of sp³-hybridized carbons (Fsp3) is 0. The van der Waals surface area contributed by atoms with Gasteiger partial charge in [0.15, 0.2) is 4.47 Å². The van der Waals surface area contributed by atoms with Gasteiger partial charge < -0.3 is 0 Å². The molecular weight excluding hydrogens is 264 g/mol. The van der Waals surface area contributed by atoms with Crippen molar-refractivity contribution in [2.75, 3.05) is 0 Å². The van der Waals surface area contributed by atoms with Crippen molar-refractivity contribution >= 4 is 22.9 Å². The average molecular weight is 273 g/mol. The molecule has 0 aliphatic carbocycles.